The van der Waals surface area contributed by atoms with Crippen LogP contribution in [-0.4, -0.2) is 15.0 Å². The monoisotopic (exact) mass is 436 g/mol. The molecule has 3 rings (SSSR count). The number of hydrogen-bond donors (Lipinski definition) is 1. The molecule has 0 unspecified atom stereocenters. The van der Waals surface area contributed by atoms with Crippen LogP contribution in [-0.2, 0) is 0 Å². The minimum absolute atomic E-state index is 0.253. The molecule has 1 N–H and O–H groups in total. The Labute approximate surface area is 191 Å². The van der Waals surface area contributed by atoms with Crippen molar-refractivity contribution in [1.82, 2.24) is 15.0 Å². The van der Waals surface area contributed by atoms with Crippen molar-refractivity contribution in [2.75, 3.05) is 5.32 Å². The van der Waals surface area contributed by atoms with Gasteiger partial charge in [-0.2, -0.15) is 9.97 Å². The molecule has 4 nitrogen and oxygen atoms in total. The number of nitrogens with zero attached hydrogens (tertiary/aromatic N) is 3. The van der Waals surface area contributed by atoms with Gasteiger partial charge in [0, 0.05) is 11.6 Å². The van der Waals surface area contributed by atoms with E-state index in [4.69, 9.17) is 16.6 Å². The molecule has 0 aromatic carbocycles. The van der Waals surface area contributed by atoms with E-state index < -0.39 is 0 Å². The quantitative estimate of drug-likeness (QED) is 0.529. The van der Waals surface area contributed by atoms with Crippen molar-refractivity contribution in [1.29, 1.82) is 0 Å². The molecule has 0 amide bonds. The largest absolute Gasteiger partial charge is 0.324 e. The highest BCUT2D eigenvalue weighted by Crippen LogP contribution is 2.28. The van der Waals surface area contributed by atoms with Crippen LogP contribution in [0, 0.1) is 0 Å². The molecule has 0 atom stereocenters. The van der Waals surface area contributed by atoms with Crippen LogP contribution >= 0.6 is 11.6 Å². The standard InChI is InChI=1S/C26H33ClN4/c27-25-29-24(22-18-14-10-6-4-5-7-11-15-19-22)30-26(31-25)28-23-20-16-12-8-2-1-3-9-13-17-21-23/h1-3,8-9,12-13,16-17,20-22H,4-7,10-11,14-15,18-19H2,(H,28,29,30,31)/b2-1-,3-1?,8-2?,9-3-,12-8-,13-9?,16-12?,17-13-,20-16-,21-17?,23-20?,23-21+. The van der Waals surface area contributed by atoms with Crippen LogP contribution < -0.4 is 5.32 Å². The van der Waals surface area contributed by atoms with Crippen LogP contribution in [0.4, 0.5) is 5.95 Å². The average Bonchev–Trinajstić information content (AvgIpc) is 2.81. The fourth-order valence-corrected chi connectivity index (χ4v) is 4.05. The van der Waals surface area contributed by atoms with Crippen LogP contribution in [0.25, 0.3) is 0 Å². The molecule has 0 aliphatic heterocycles. The van der Waals surface area contributed by atoms with Crippen LogP contribution in [0.1, 0.15) is 76.0 Å². The molecule has 1 saturated carbocycles. The summed E-state index contributed by atoms with van der Waals surface area (Å²) in [5.74, 6) is 1.67. The van der Waals surface area contributed by atoms with Crippen molar-refractivity contribution in [2.45, 2.75) is 70.1 Å². The van der Waals surface area contributed by atoms with Gasteiger partial charge in [0.2, 0.25) is 11.2 Å². The van der Waals surface area contributed by atoms with E-state index >= 15 is 0 Å². The third-order valence-corrected chi connectivity index (χ3v) is 5.71. The van der Waals surface area contributed by atoms with Gasteiger partial charge < -0.3 is 5.32 Å². The van der Waals surface area contributed by atoms with Crippen LogP contribution in [0.2, 0.25) is 5.28 Å². The number of anilines is 1. The molecule has 0 saturated heterocycles. The number of hydrogen-bond acceptors (Lipinski definition) is 4. The third-order valence-electron chi connectivity index (χ3n) is 5.54. The van der Waals surface area contributed by atoms with Gasteiger partial charge in [-0.25, -0.2) is 4.98 Å². The molecule has 31 heavy (non-hydrogen) atoms. The summed E-state index contributed by atoms with van der Waals surface area (Å²) in [6.45, 7) is 0. The Hall–Kier alpha value is -2.46. The maximum atomic E-state index is 6.31. The highest BCUT2D eigenvalue weighted by molar-refractivity contribution is 6.28. The second-order valence-corrected chi connectivity index (χ2v) is 8.37. The van der Waals surface area contributed by atoms with E-state index in [9.17, 15) is 0 Å². The van der Waals surface area contributed by atoms with E-state index in [0.29, 0.717) is 11.9 Å². The van der Waals surface area contributed by atoms with Gasteiger partial charge in [0.1, 0.15) is 5.82 Å². The Morgan fingerprint density at radius 2 is 1.19 bits per heavy atom. The van der Waals surface area contributed by atoms with Crippen molar-refractivity contribution in [3.63, 3.8) is 0 Å². The summed E-state index contributed by atoms with van der Waals surface area (Å²) in [5, 5.41) is 3.57. The Balaban J connectivity index is 1.76. The molecule has 2 aliphatic rings. The summed E-state index contributed by atoms with van der Waals surface area (Å²) in [5.41, 5.74) is 0.884. The fourth-order valence-electron chi connectivity index (χ4n) is 3.88. The van der Waals surface area contributed by atoms with E-state index in [1.54, 1.807) is 0 Å². The van der Waals surface area contributed by atoms with Gasteiger partial charge in [0.05, 0.1) is 0 Å². The molecular formula is C26H33ClN4. The molecule has 1 fully saturated rings. The van der Waals surface area contributed by atoms with Crippen molar-refractivity contribution < 1.29 is 0 Å². The molecule has 5 heteroatoms. The summed E-state index contributed by atoms with van der Waals surface area (Å²) in [4.78, 5) is 13.6. The number of nitrogens with one attached hydrogen (secondary N) is 1. The summed E-state index contributed by atoms with van der Waals surface area (Å²) in [6.07, 6.45) is 34.6. The molecule has 2 aliphatic carbocycles. The third kappa shape index (κ3) is 9.06. The first-order valence-electron chi connectivity index (χ1n) is 11.5. The smallest absolute Gasteiger partial charge is 0.231 e. The SMILES string of the molecule is Clc1nc(NC2=C/C=C\C=C/C=C\C=C/C=C\2)nc(C2CCCCCCCCCC2)n1. The van der Waals surface area contributed by atoms with Crippen LogP contribution in [0.15, 0.2) is 72.5 Å². The lowest BCUT2D eigenvalue weighted by Gasteiger charge is -2.16. The maximum Gasteiger partial charge on any atom is 0.231 e. The van der Waals surface area contributed by atoms with E-state index in [1.165, 1.54) is 51.4 Å². The number of aromatic nitrogens is 3. The Kier molecular flexibility index (Phi) is 10.3. The van der Waals surface area contributed by atoms with E-state index in [1.807, 2.05) is 66.8 Å². The van der Waals surface area contributed by atoms with E-state index in [2.05, 4.69) is 15.3 Å². The first-order chi connectivity index (χ1) is 15.3. The topological polar surface area (TPSA) is 50.7 Å². The predicted octanol–water partition coefficient (Wildman–Crippen LogP) is 7.61. The second kappa shape index (κ2) is 13.8. The summed E-state index contributed by atoms with van der Waals surface area (Å²) < 4.78 is 0. The van der Waals surface area contributed by atoms with Crippen LogP contribution in [0.5, 0.6) is 0 Å². The van der Waals surface area contributed by atoms with Crippen LogP contribution in [0.3, 0.4) is 0 Å². The number of halogens is 1. The minimum atomic E-state index is 0.253. The molecular weight excluding hydrogens is 404 g/mol. The van der Waals surface area contributed by atoms with Crippen molar-refractivity contribution in [3.05, 3.63) is 83.6 Å². The van der Waals surface area contributed by atoms with Gasteiger partial charge >= 0.3 is 0 Å². The van der Waals surface area contributed by atoms with Gasteiger partial charge in [-0.05, 0) is 36.6 Å². The Morgan fingerprint density at radius 1 is 0.645 bits per heavy atom. The van der Waals surface area contributed by atoms with E-state index in [-0.39, 0.29) is 5.28 Å². The second-order valence-electron chi connectivity index (χ2n) is 8.03. The number of rotatable bonds is 3. The highest BCUT2D eigenvalue weighted by atomic mass is 35.5. The molecule has 0 spiro atoms. The van der Waals surface area contributed by atoms with E-state index in [0.717, 1.165) is 24.4 Å². The Morgan fingerprint density at radius 3 is 1.84 bits per heavy atom. The summed E-state index contributed by atoms with van der Waals surface area (Å²) in [7, 11) is 0. The summed E-state index contributed by atoms with van der Waals surface area (Å²) >= 11 is 6.31. The lowest BCUT2D eigenvalue weighted by molar-refractivity contribution is 0.493. The van der Waals surface area contributed by atoms with Gasteiger partial charge in [-0.3, -0.25) is 0 Å². The van der Waals surface area contributed by atoms with Crippen molar-refractivity contribution in [3.8, 4) is 0 Å². The number of allylic oxidation sites excluding steroid dienone is 11. The molecule has 1 aromatic heterocycles. The van der Waals surface area contributed by atoms with Gasteiger partial charge in [-0.1, -0.05) is 106 Å². The minimum Gasteiger partial charge on any atom is -0.324 e. The average molecular weight is 437 g/mol. The lowest BCUT2D eigenvalue weighted by atomic mass is 9.94. The summed E-state index contributed by atoms with van der Waals surface area (Å²) in [6, 6.07) is 0. The van der Waals surface area contributed by atoms with Gasteiger partial charge in [-0.15, -0.1) is 0 Å². The predicted molar refractivity (Wildman–Crippen MR) is 131 cm³/mol. The zero-order valence-electron chi connectivity index (χ0n) is 18.2. The van der Waals surface area contributed by atoms with Gasteiger partial charge in [0.25, 0.3) is 0 Å². The first kappa shape index (κ1) is 23.2. The molecule has 0 radical (unpaired) electrons. The first-order valence-corrected chi connectivity index (χ1v) is 11.9. The fraction of sp³-hybridized carbons (Fsp3) is 0.423. The van der Waals surface area contributed by atoms with Gasteiger partial charge in [0.15, 0.2) is 0 Å². The molecule has 1 heterocycles. The normalized spacial score (nSPS) is 26.0. The molecule has 0 bridgehead atoms. The molecule has 1 aromatic rings. The maximum absolute atomic E-state index is 6.31. The Bertz CT molecular complexity index is 852. The highest BCUT2D eigenvalue weighted by Gasteiger charge is 2.17. The lowest BCUT2D eigenvalue weighted by Crippen LogP contribution is -2.10. The molecule has 164 valence electrons. The zero-order chi connectivity index (χ0) is 21.6. The van der Waals surface area contributed by atoms with Crippen molar-refractivity contribution in [2.24, 2.45) is 0 Å². The van der Waals surface area contributed by atoms with Crippen molar-refractivity contribution >= 4 is 17.5 Å². The zero-order valence-corrected chi connectivity index (χ0v) is 19.0.